The molecule has 170 valence electrons. The van der Waals surface area contributed by atoms with E-state index in [2.05, 4.69) is 15.2 Å². The van der Waals surface area contributed by atoms with Crippen LogP contribution in [-0.2, 0) is 4.79 Å². The second-order valence-electron chi connectivity index (χ2n) is 8.06. The number of imidazole rings is 1. The quantitative estimate of drug-likeness (QED) is 0.404. The first-order chi connectivity index (χ1) is 16.5. The Morgan fingerprint density at radius 3 is 2.41 bits per heavy atom. The number of nitrogens with zero attached hydrogens (tertiary/aromatic N) is 4. The van der Waals surface area contributed by atoms with E-state index in [1.807, 2.05) is 53.2 Å². The number of amides is 1. The zero-order valence-electron chi connectivity index (χ0n) is 18.7. The number of carbonyl (C=O) groups excluding carboxylic acids is 1. The molecule has 1 N–H and O–H groups in total. The molecule has 2 aromatic carbocycles. The fourth-order valence-corrected chi connectivity index (χ4v) is 3.69. The first kappa shape index (κ1) is 21.4. The number of likely N-dealkylation sites (N-methyl/N-ethyl adjacent to an activating group) is 1. The number of carbonyl (C=O) groups is 1. The van der Waals surface area contributed by atoms with Crippen LogP contribution in [0.4, 0.5) is 4.39 Å². The molecule has 3 aromatic heterocycles. The van der Waals surface area contributed by atoms with Crippen LogP contribution in [0.3, 0.4) is 0 Å². The number of hydrogen-bond acceptors (Lipinski definition) is 4. The van der Waals surface area contributed by atoms with E-state index in [9.17, 15) is 9.18 Å². The molecule has 7 nitrogen and oxygen atoms in total. The second kappa shape index (κ2) is 8.82. The van der Waals surface area contributed by atoms with Gasteiger partial charge in [-0.2, -0.15) is 5.10 Å². The molecular formula is C26H22FN5O2. The highest BCUT2D eigenvalue weighted by atomic mass is 19.1. The van der Waals surface area contributed by atoms with Gasteiger partial charge in [-0.3, -0.25) is 14.3 Å². The number of pyridine rings is 1. The Morgan fingerprint density at radius 2 is 1.68 bits per heavy atom. The topological polar surface area (TPSA) is 75.5 Å². The Kier molecular flexibility index (Phi) is 5.55. The third-order valence-corrected chi connectivity index (χ3v) is 5.60. The van der Waals surface area contributed by atoms with Gasteiger partial charge in [-0.05, 0) is 60.7 Å². The van der Waals surface area contributed by atoms with E-state index >= 15 is 0 Å². The molecule has 34 heavy (non-hydrogen) atoms. The Balaban J connectivity index is 1.45. The summed E-state index contributed by atoms with van der Waals surface area (Å²) in [6.07, 6.45) is 5.59. The first-order valence-corrected chi connectivity index (χ1v) is 10.7. The standard InChI is InChI=1S/C26H22FN5O2/c1-31(2)25(33)16-34-21-10-5-17(6-11-21)23-14-28-24-12-7-19(15-32(23)24)22-13-29-30-26(22)18-3-8-20(27)9-4-18/h3-15H,16H2,1-2H3,(H,29,30). The van der Waals surface area contributed by atoms with Gasteiger partial charge in [-0.1, -0.05) is 0 Å². The van der Waals surface area contributed by atoms with Crippen molar-refractivity contribution < 1.29 is 13.9 Å². The maximum absolute atomic E-state index is 13.4. The zero-order valence-corrected chi connectivity index (χ0v) is 18.7. The molecule has 0 saturated carbocycles. The van der Waals surface area contributed by atoms with Gasteiger partial charge in [-0.15, -0.1) is 0 Å². The maximum atomic E-state index is 13.4. The van der Waals surface area contributed by atoms with Crippen LogP contribution in [-0.4, -0.2) is 51.1 Å². The molecule has 0 aliphatic heterocycles. The average Bonchev–Trinajstić information content (AvgIpc) is 3.50. The van der Waals surface area contributed by atoms with Crippen molar-refractivity contribution in [2.45, 2.75) is 0 Å². The SMILES string of the molecule is CN(C)C(=O)COc1ccc(-c2cnc3ccc(-c4cn[nH]c4-c4ccc(F)cc4)cn23)cc1. The van der Waals surface area contributed by atoms with E-state index in [-0.39, 0.29) is 18.3 Å². The molecule has 0 aliphatic rings. The summed E-state index contributed by atoms with van der Waals surface area (Å²) in [4.78, 5) is 17.8. The Morgan fingerprint density at radius 1 is 0.971 bits per heavy atom. The molecule has 8 heteroatoms. The largest absolute Gasteiger partial charge is 0.484 e. The van der Waals surface area contributed by atoms with Gasteiger partial charge in [0, 0.05) is 42.5 Å². The number of rotatable bonds is 6. The van der Waals surface area contributed by atoms with Crippen molar-refractivity contribution in [2.24, 2.45) is 0 Å². The van der Waals surface area contributed by atoms with Gasteiger partial charge in [0.05, 0.1) is 23.8 Å². The minimum absolute atomic E-state index is 0.00753. The summed E-state index contributed by atoms with van der Waals surface area (Å²) in [7, 11) is 3.39. The van der Waals surface area contributed by atoms with Crippen molar-refractivity contribution in [3.05, 3.63) is 85.1 Å². The van der Waals surface area contributed by atoms with E-state index in [1.54, 1.807) is 32.4 Å². The van der Waals surface area contributed by atoms with Crippen molar-refractivity contribution in [1.29, 1.82) is 0 Å². The number of benzene rings is 2. The van der Waals surface area contributed by atoms with Crippen molar-refractivity contribution in [1.82, 2.24) is 24.5 Å². The highest BCUT2D eigenvalue weighted by Gasteiger charge is 2.13. The molecule has 0 atom stereocenters. The second-order valence-corrected chi connectivity index (χ2v) is 8.06. The number of fused-ring (bicyclic) bond motifs is 1. The molecule has 0 fully saturated rings. The molecular weight excluding hydrogens is 433 g/mol. The number of aromatic amines is 1. The van der Waals surface area contributed by atoms with Crippen LogP contribution in [0.25, 0.3) is 39.3 Å². The average molecular weight is 455 g/mol. The maximum Gasteiger partial charge on any atom is 0.259 e. The third-order valence-electron chi connectivity index (χ3n) is 5.60. The number of nitrogens with one attached hydrogen (secondary N) is 1. The highest BCUT2D eigenvalue weighted by Crippen LogP contribution is 2.32. The van der Waals surface area contributed by atoms with Gasteiger partial charge in [0.15, 0.2) is 6.61 Å². The monoisotopic (exact) mass is 455 g/mol. The summed E-state index contributed by atoms with van der Waals surface area (Å²) in [5.74, 6) is 0.239. The molecule has 0 radical (unpaired) electrons. The van der Waals surface area contributed by atoms with Crippen molar-refractivity contribution in [3.8, 4) is 39.4 Å². The van der Waals surface area contributed by atoms with Gasteiger partial charge in [0.25, 0.3) is 5.91 Å². The lowest BCUT2D eigenvalue weighted by molar-refractivity contribution is -0.130. The predicted molar refractivity (Wildman–Crippen MR) is 128 cm³/mol. The van der Waals surface area contributed by atoms with Gasteiger partial charge in [-0.25, -0.2) is 9.37 Å². The fourth-order valence-electron chi connectivity index (χ4n) is 3.69. The molecule has 0 saturated heterocycles. The van der Waals surface area contributed by atoms with Gasteiger partial charge < -0.3 is 9.64 Å². The van der Waals surface area contributed by atoms with Gasteiger partial charge in [0.2, 0.25) is 0 Å². The Hall–Kier alpha value is -4.46. The van der Waals surface area contributed by atoms with E-state index < -0.39 is 0 Å². The third kappa shape index (κ3) is 4.13. The van der Waals surface area contributed by atoms with E-state index in [1.165, 1.54) is 17.0 Å². The zero-order chi connectivity index (χ0) is 23.7. The summed E-state index contributed by atoms with van der Waals surface area (Å²) in [5, 5.41) is 7.23. The number of ether oxygens (including phenoxy) is 1. The Labute approximate surface area is 195 Å². The van der Waals surface area contributed by atoms with Gasteiger partial charge in [0.1, 0.15) is 17.2 Å². The van der Waals surface area contributed by atoms with Crippen LogP contribution >= 0.6 is 0 Å². The molecule has 0 unspecified atom stereocenters. The number of halogens is 1. The lowest BCUT2D eigenvalue weighted by atomic mass is 10.0. The number of aromatic nitrogens is 4. The molecule has 0 bridgehead atoms. The van der Waals surface area contributed by atoms with Crippen molar-refractivity contribution >= 4 is 11.6 Å². The van der Waals surface area contributed by atoms with E-state index in [0.29, 0.717) is 5.75 Å². The van der Waals surface area contributed by atoms with Crippen LogP contribution in [0.1, 0.15) is 0 Å². The summed E-state index contributed by atoms with van der Waals surface area (Å²) >= 11 is 0. The molecule has 3 heterocycles. The first-order valence-electron chi connectivity index (χ1n) is 10.7. The summed E-state index contributed by atoms with van der Waals surface area (Å²) < 4.78 is 21.0. The van der Waals surface area contributed by atoms with Gasteiger partial charge >= 0.3 is 0 Å². The summed E-state index contributed by atoms with van der Waals surface area (Å²) in [6, 6.07) is 17.8. The van der Waals surface area contributed by atoms with E-state index in [0.717, 1.165) is 39.3 Å². The van der Waals surface area contributed by atoms with Crippen LogP contribution in [0, 0.1) is 5.82 Å². The molecule has 1 amide bonds. The predicted octanol–water partition coefficient (Wildman–Crippen LogP) is 4.66. The van der Waals surface area contributed by atoms with Crippen LogP contribution < -0.4 is 4.74 Å². The smallest absolute Gasteiger partial charge is 0.259 e. The number of hydrogen-bond donors (Lipinski definition) is 1. The van der Waals surface area contributed by atoms with Crippen LogP contribution in [0.2, 0.25) is 0 Å². The molecule has 5 rings (SSSR count). The molecule has 0 spiro atoms. The fraction of sp³-hybridized carbons (Fsp3) is 0.115. The lowest BCUT2D eigenvalue weighted by Crippen LogP contribution is -2.27. The van der Waals surface area contributed by atoms with E-state index in [4.69, 9.17) is 4.74 Å². The minimum atomic E-state index is -0.282. The van der Waals surface area contributed by atoms with Crippen molar-refractivity contribution in [2.75, 3.05) is 20.7 Å². The van der Waals surface area contributed by atoms with Crippen LogP contribution in [0.15, 0.2) is 79.3 Å². The normalized spacial score (nSPS) is 11.0. The highest BCUT2D eigenvalue weighted by molar-refractivity contribution is 5.81. The Bertz CT molecular complexity index is 1450. The minimum Gasteiger partial charge on any atom is -0.484 e. The van der Waals surface area contributed by atoms with Crippen molar-refractivity contribution in [3.63, 3.8) is 0 Å². The molecule has 0 aliphatic carbocycles. The summed E-state index contributed by atoms with van der Waals surface area (Å²) in [6.45, 7) is -0.00753. The molecule has 5 aromatic rings. The summed E-state index contributed by atoms with van der Waals surface area (Å²) in [5.41, 5.74) is 6.20. The van der Waals surface area contributed by atoms with Crippen LogP contribution in [0.5, 0.6) is 5.75 Å². The number of H-pyrrole nitrogens is 1. The lowest BCUT2D eigenvalue weighted by Gasteiger charge is -2.11.